The van der Waals surface area contributed by atoms with E-state index < -0.39 is 0 Å². The number of nitrogens with one attached hydrogen (secondary N) is 2. The largest absolute Gasteiger partial charge is 0.351 e. The fourth-order valence-corrected chi connectivity index (χ4v) is 1.90. The Morgan fingerprint density at radius 2 is 2.32 bits per heavy atom. The van der Waals surface area contributed by atoms with Gasteiger partial charge in [0.15, 0.2) is 0 Å². The Hall–Kier alpha value is -1.88. The topological polar surface area (TPSA) is 70.7 Å². The summed E-state index contributed by atoms with van der Waals surface area (Å²) in [5.74, 6) is -0.202. The van der Waals surface area contributed by atoms with Crippen molar-refractivity contribution in [1.29, 1.82) is 0 Å². The molecule has 6 heteroatoms. The molecule has 5 nitrogen and oxygen atoms in total. The molecule has 0 unspecified atom stereocenters. The Labute approximate surface area is 116 Å². The molecule has 0 bridgehead atoms. The van der Waals surface area contributed by atoms with Crippen molar-refractivity contribution in [3.05, 3.63) is 46.5 Å². The van der Waals surface area contributed by atoms with Crippen LogP contribution in [-0.2, 0) is 6.42 Å². The Morgan fingerprint density at radius 3 is 3.00 bits per heavy atom. The van der Waals surface area contributed by atoms with E-state index in [1.807, 2.05) is 13.1 Å². The third-order valence-corrected chi connectivity index (χ3v) is 3.00. The zero-order valence-corrected chi connectivity index (χ0v) is 11.4. The van der Waals surface area contributed by atoms with Gasteiger partial charge in [0, 0.05) is 12.2 Å². The third kappa shape index (κ3) is 3.79. The first kappa shape index (κ1) is 13.5. The van der Waals surface area contributed by atoms with Crippen LogP contribution in [0.25, 0.3) is 0 Å². The number of hydrogen-bond acceptors (Lipinski definition) is 3. The molecule has 0 aromatic carbocycles. The second-order valence-electron chi connectivity index (χ2n) is 4.23. The van der Waals surface area contributed by atoms with E-state index in [2.05, 4.69) is 20.5 Å². The number of hydrogen-bond donors (Lipinski definition) is 2. The van der Waals surface area contributed by atoms with E-state index in [-0.39, 0.29) is 5.91 Å². The molecule has 0 radical (unpaired) electrons. The van der Waals surface area contributed by atoms with E-state index in [0.717, 1.165) is 18.5 Å². The molecule has 19 heavy (non-hydrogen) atoms. The molecule has 0 atom stereocenters. The van der Waals surface area contributed by atoms with E-state index in [1.54, 1.807) is 18.2 Å². The highest BCUT2D eigenvalue weighted by Gasteiger charge is 2.07. The maximum Gasteiger partial charge on any atom is 0.269 e. The second kappa shape index (κ2) is 6.33. The van der Waals surface area contributed by atoms with Crippen LogP contribution in [0.15, 0.2) is 24.4 Å². The van der Waals surface area contributed by atoms with Gasteiger partial charge in [-0.25, -0.2) is 4.98 Å². The van der Waals surface area contributed by atoms with Crippen molar-refractivity contribution in [2.45, 2.75) is 19.8 Å². The Kier molecular flexibility index (Phi) is 4.52. The van der Waals surface area contributed by atoms with Gasteiger partial charge in [0.1, 0.15) is 10.8 Å². The molecule has 2 N–H and O–H groups in total. The van der Waals surface area contributed by atoms with Gasteiger partial charge in [-0.05, 0) is 37.5 Å². The van der Waals surface area contributed by atoms with Gasteiger partial charge < -0.3 is 5.32 Å². The molecule has 2 aromatic rings. The van der Waals surface area contributed by atoms with Crippen LogP contribution in [0.4, 0.5) is 0 Å². The lowest BCUT2D eigenvalue weighted by Gasteiger charge is -2.04. The maximum absolute atomic E-state index is 11.8. The number of carbonyl (C=O) groups is 1. The minimum absolute atomic E-state index is 0.202. The van der Waals surface area contributed by atoms with Crippen molar-refractivity contribution in [3.63, 3.8) is 0 Å². The Bertz CT molecular complexity index is 567. The van der Waals surface area contributed by atoms with Crippen molar-refractivity contribution >= 4 is 17.5 Å². The zero-order chi connectivity index (χ0) is 13.7. The average Bonchev–Trinajstić information content (AvgIpc) is 2.80. The smallest absolute Gasteiger partial charge is 0.269 e. The summed E-state index contributed by atoms with van der Waals surface area (Å²) in [6.45, 7) is 2.58. The molecule has 0 aliphatic rings. The van der Waals surface area contributed by atoms with E-state index >= 15 is 0 Å². The minimum Gasteiger partial charge on any atom is -0.351 e. The van der Waals surface area contributed by atoms with Crippen molar-refractivity contribution in [2.24, 2.45) is 0 Å². The van der Waals surface area contributed by atoms with Gasteiger partial charge in [0.05, 0.1) is 6.20 Å². The first-order chi connectivity index (χ1) is 9.16. The summed E-state index contributed by atoms with van der Waals surface area (Å²) in [5, 5.41) is 9.98. The predicted molar refractivity (Wildman–Crippen MR) is 73.2 cm³/mol. The van der Waals surface area contributed by atoms with Crippen LogP contribution in [-0.4, -0.2) is 27.6 Å². The number of amides is 1. The van der Waals surface area contributed by atoms with Gasteiger partial charge in [0.2, 0.25) is 0 Å². The molecule has 2 aromatic heterocycles. The van der Waals surface area contributed by atoms with Crippen LogP contribution in [0.3, 0.4) is 0 Å². The molecule has 0 aliphatic heterocycles. The van der Waals surface area contributed by atoms with Gasteiger partial charge in [-0.2, -0.15) is 5.10 Å². The number of aryl methyl sites for hydroxylation is 2. The Balaban J connectivity index is 1.77. The molecule has 2 heterocycles. The van der Waals surface area contributed by atoms with E-state index in [0.29, 0.717) is 17.4 Å². The number of rotatable bonds is 5. The van der Waals surface area contributed by atoms with Crippen LogP contribution in [0.1, 0.15) is 28.2 Å². The second-order valence-corrected chi connectivity index (χ2v) is 4.61. The monoisotopic (exact) mass is 278 g/mol. The number of nitrogens with zero attached hydrogens (tertiary/aromatic N) is 2. The molecule has 1 amide bonds. The third-order valence-electron chi connectivity index (χ3n) is 2.79. The van der Waals surface area contributed by atoms with Crippen LogP contribution < -0.4 is 5.32 Å². The number of halogens is 1. The van der Waals surface area contributed by atoms with Crippen molar-refractivity contribution in [3.8, 4) is 0 Å². The first-order valence-electron chi connectivity index (χ1n) is 6.06. The quantitative estimate of drug-likeness (QED) is 0.650. The van der Waals surface area contributed by atoms with Crippen molar-refractivity contribution in [1.82, 2.24) is 20.5 Å². The predicted octanol–water partition coefficient (Wildman–Crippen LogP) is 2.13. The lowest BCUT2D eigenvalue weighted by molar-refractivity contribution is 0.0948. The summed E-state index contributed by atoms with van der Waals surface area (Å²) in [4.78, 5) is 15.7. The highest BCUT2D eigenvalue weighted by atomic mass is 35.5. The van der Waals surface area contributed by atoms with Crippen LogP contribution in [0.5, 0.6) is 0 Å². The lowest BCUT2D eigenvalue weighted by atomic mass is 10.1. The zero-order valence-electron chi connectivity index (χ0n) is 10.6. The molecule has 0 spiro atoms. The van der Waals surface area contributed by atoms with Crippen LogP contribution in [0, 0.1) is 6.92 Å². The van der Waals surface area contributed by atoms with E-state index in [1.165, 1.54) is 5.56 Å². The lowest BCUT2D eigenvalue weighted by Crippen LogP contribution is -2.25. The van der Waals surface area contributed by atoms with Crippen molar-refractivity contribution in [2.75, 3.05) is 6.54 Å². The molecular weight excluding hydrogens is 264 g/mol. The maximum atomic E-state index is 11.8. The van der Waals surface area contributed by atoms with Crippen molar-refractivity contribution < 1.29 is 4.79 Å². The number of aromatic nitrogens is 3. The van der Waals surface area contributed by atoms with Gasteiger partial charge in [-0.1, -0.05) is 17.7 Å². The summed E-state index contributed by atoms with van der Waals surface area (Å²) in [7, 11) is 0. The van der Waals surface area contributed by atoms with Gasteiger partial charge in [0.25, 0.3) is 5.91 Å². The number of aromatic amines is 1. The number of H-pyrrole nitrogens is 1. The van der Waals surface area contributed by atoms with Crippen LogP contribution >= 0.6 is 11.6 Å². The van der Waals surface area contributed by atoms with E-state index in [9.17, 15) is 4.79 Å². The summed E-state index contributed by atoms with van der Waals surface area (Å²) >= 11 is 5.73. The highest BCUT2D eigenvalue weighted by molar-refractivity contribution is 6.29. The standard InChI is InChI=1S/C13H15ClN4O/c1-9-10(8-16-18-9)4-3-7-15-13(19)11-5-2-6-12(14)17-11/h2,5-6,8H,3-4,7H2,1H3,(H,15,19)(H,16,18). The minimum atomic E-state index is -0.202. The summed E-state index contributed by atoms with van der Waals surface area (Å²) in [5.41, 5.74) is 2.59. The fourth-order valence-electron chi connectivity index (χ4n) is 1.73. The molecular formula is C13H15ClN4O. The number of carbonyl (C=O) groups excluding carboxylic acids is 1. The normalized spacial score (nSPS) is 10.4. The molecule has 2 rings (SSSR count). The van der Waals surface area contributed by atoms with Gasteiger partial charge in [-0.15, -0.1) is 0 Å². The fraction of sp³-hybridized carbons (Fsp3) is 0.308. The highest BCUT2D eigenvalue weighted by Crippen LogP contribution is 2.06. The number of pyridine rings is 1. The molecule has 0 fully saturated rings. The van der Waals surface area contributed by atoms with Crippen LogP contribution in [0.2, 0.25) is 5.15 Å². The molecule has 0 saturated heterocycles. The summed E-state index contributed by atoms with van der Waals surface area (Å²) < 4.78 is 0. The molecule has 0 saturated carbocycles. The first-order valence-corrected chi connectivity index (χ1v) is 6.44. The van der Waals surface area contributed by atoms with E-state index in [4.69, 9.17) is 11.6 Å². The molecule has 100 valence electrons. The average molecular weight is 279 g/mol. The summed E-state index contributed by atoms with van der Waals surface area (Å²) in [6, 6.07) is 4.99. The molecule has 0 aliphatic carbocycles. The summed E-state index contributed by atoms with van der Waals surface area (Å²) in [6.07, 6.45) is 3.55. The Morgan fingerprint density at radius 1 is 1.47 bits per heavy atom. The van der Waals surface area contributed by atoms with Gasteiger partial charge in [-0.3, -0.25) is 9.89 Å². The SMILES string of the molecule is Cc1[nH]ncc1CCCNC(=O)c1cccc(Cl)n1. The van der Waals surface area contributed by atoms with Gasteiger partial charge >= 0.3 is 0 Å².